The second kappa shape index (κ2) is 6.02. The minimum absolute atomic E-state index is 0.108. The van der Waals surface area contributed by atoms with Crippen molar-refractivity contribution in [2.75, 3.05) is 24.6 Å². The van der Waals surface area contributed by atoms with Crippen LogP contribution in [0.2, 0.25) is 0 Å². The van der Waals surface area contributed by atoms with Crippen molar-refractivity contribution in [2.24, 2.45) is 11.7 Å². The Morgan fingerprint density at radius 3 is 3.05 bits per heavy atom. The minimum Gasteiger partial charge on any atom is -0.396 e. The molecule has 4 N–H and O–H groups in total. The second-order valence-electron chi connectivity index (χ2n) is 6.20. The van der Waals surface area contributed by atoms with Crippen LogP contribution in [0.1, 0.15) is 42.5 Å². The molecule has 21 heavy (non-hydrogen) atoms. The number of anilines is 1. The van der Waals surface area contributed by atoms with Crippen molar-refractivity contribution in [3.8, 4) is 0 Å². The largest absolute Gasteiger partial charge is 0.396 e. The maximum absolute atomic E-state index is 9.16. The van der Waals surface area contributed by atoms with Crippen molar-refractivity contribution >= 4 is 11.7 Å². The molecule has 1 unspecified atom stereocenters. The fraction of sp³-hybridized carbons (Fsp3) is 0.625. The summed E-state index contributed by atoms with van der Waals surface area (Å²) in [4.78, 5) is 7.10. The molecule has 3 rings (SSSR count). The molecule has 1 aromatic rings. The Bertz CT molecular complexity index is 541. The van der Waals surface area contributed by atoms with E-state index in [4.69, 9.17) is 21.2 Å². The van der Waals surface area contributed by atoms with Crippen LogP contribution in [0.25, 0.3) is 0 Å². The fourth-order valence-electron chi connectivity index (χ4n) is 3.58. The zero-order valence-corrected chi connectivity index (χ0v) is 12.4. The molecule has 1 aliphatic carbocycles. The Morgan fingerprint density at radius 2 is 2.29 bits per heavy atom. The number of hydrogen-bond donors (Lipinski definition) is 3. The molecule has 5 heteroatoms. The number of nitrogens with zero attached hydrogens (tertiary/aromatic N) is 2. The number of fused-ring (bicyclic) bond motifs is 1. The molecule has 0 amide bonds. The Kier molecular flexibility index (Phi) is 4.10. The van der Waals surface area contributed by atoms with Crippen LogP contribution in [-0.4, -0.2) is 35.6 Å². The number of nitrogens with two attached hydrogens (primary N) is 1. The number of piperidine rings is 1. The van der Waals surface area contributed by atoms with Gasteiger partial charge in [0.1, 0.15) is 11.7 Å². The third-order valence-electron chi connectivity index (χ3n) is 4.68. The summed E-state index contributed by atoms with van der Waals surface area (Å²) in [5.74, 6) is 1.50. The number of hydrogen-bond acceptors (Lipinski definition) is 4. The summed E-state index contributed by atoms with van der Waals surface area (Å²) in [5, 5.41) is 17.0. The number of nitrogens with one attached hydrogen (secondary N) is 1. The van der Waals surface area contributed by atoms with E-state index in [0.29, 0.717) is 5.92 Å². The number of aliphatic hydroxyl groups is 1. The molecule has 114 valence electrons. The molecule has 0 saturated carbocycles. The third kappa shape index (κ3) is 2.88. The first-order chi connectivity index (χ1) is 10.2. The quantitative estimate of drug-likeness (QED) is 0.578. The Hall–Kier alpha value is -1.62. The predicted octanol–water partition coefficient (Wildman–Crippen LogP) is 1.45. The van der Waals surface area contributed by atoms with E-state index >= 15 is 0 Å². The highest BCUT2D eigenvalue weighted by Crippen LogP contribution is 2.30. The Labute approximate surface area is 125 Å². The van der Waals surface area contributed by atoms with Gasteiger partial charge in [-0.2, -0.15) is 0 Å². The van der Waals surface area contributed by atoms with E-state index in [-0.39, 0.29) is 12.4 Å². The monoisotopic (exact) mass is 288 g/mol. The molecule has 1 atom stereocenters. The van der Waals surface area contributed by atoms with Crippen LogP contribution in [0.5, 0.6) is 0 Å². The zero-order valence-electron chi connectivity index (χ0n) is 12.4. The number of aliphatic hydroxyl groups excluding tert-OH is 1. The third-order valence-corrected chi connectivity index (χ3v) is 4.68. The van der Waals surface area contributed by atoms with E-state index in [9.17, 15) is 0 Å². The molecule has 1 saturated heterocycles. The summed E-state index contributed by atoms with van der Waals surface area (Å²) in [7, 11) is 0. The Balaban J connectivity index is 1.91. The SMILES string of the molecule is N=C(N)c1cc2c(nc1N1CCCC(CCO)C1)CCC2. The van der Waals surface area contributed by atoms with Gasteiger partial charge in [0, 0.05) is 25.4 Å². The molecule has 0 spiro atoms. The summed E-state index contributed by atoms with van der Waals surface area (Å²) in [5.41, 5.74) is 9.00. The van der Waals surface area contributed by atoms with Crippen molar-refractivity contribution in [3.63, 3.8) is 0 Å². The van der Waals surface area contributed by atoms with Crippen molar-refractivity contribution in [2.45, 2.75) is 38.5 Å². The molecule has 0 aromatic carbocycles. The topological polar surface area (TPSA) is 86.2 Å². The molecule has 0 bridgehead atoms. The lowest BCUT2D eigenvalue weighted by molar-refractivity contribution is 0.244. The van der Waals surface area contributed by atoms with Crippen LogP contribution in [0.3, 0.4) is 0 Å². The molecule has 1 aromatic heterocycles. The van der Waals surface area contributed by atoms with Gasteiger partial charge in [0.2, 0.25) is 0 Å². The van der Waals surface area contributed by atoms with Gasteiger partial charge in [-0.15, -0.1) is 0 Å². The van der Waals surface area contributed by atoms with Crippen molar-refractivity contribution in [1.29, 1.82) is 5.41 Å². The van der Waals surface area contributed by atoms with Gasteiger partial charge in [0.05, 0.1) is 5.56 Å². The first-order valence-electron chi connectivity index (χ1n) is 7.92. The first-order valence-corrected chi connectivity index (χ1v) is 7.92. The van der Waals surface area contributed by atoms with Gasteiger partial charge < -0.3 is 15.7 Å². The minimum atomic E-state index is 0.108. The first kappa shape index (κ1) is 14.3. The molecule has 1 fully saturated rings. The van der Waals surface area contributed by atoms with E-state index in [2.05, 4.69) is 11.0 Å². The molecule has 2 aliphatic rings. The van der Waals surface area contributed by atoms with Gasteiger partial charge >= 0.3 is 0 Å². The molecule has 2 heterocycles. The zero-order chi connectivity index (χ0) is 14.8. The average Bonchev–Trinajstić information content (AvgIpc) is 2.94. The highest BCUT2D eigenvalue weighted by atomic mass is 16.3. The lowest BCUT2D eigenvalue weighted by Gasteiger charge is -2.34. The molecule has 0 radical (unpaired) electrons. The van der Waals surface area contributed by atoms with Gasteiger partial charge in [0.25, 0.3) is 0 Å². The maximum atomic E-state index is 9.16. The van der Waals surface area contributed by atoms with Gasteiger partial charge in [-0.25, -0.2) is 4.98 Å². The van der Waals surface area contributed by atoms with Gasteiger partial charge in [0.15, 0.2) is 0 Å². The van der Waals surface area contributed by atoms with Gasteiger partial charge in [-0.05, 0) is 56.1 Å². The maximum Gasteiger partial charge on any atom is 0.139 e. The molecular formula is C16H24N4O. The predicted molar refractivity (Wildman–Crippen MR) is 83.9 cm³/mol. The lowest BCUT2D eigenvalue weighted by atomic mass is 9.94. The molecule has 5 nitrogen and oxygen atoms in total. The number of pyridine rings is 1. The smallest absolute Gasteiger partial charge is 0.139 e. The van der Waals surface area contributed by atoms with Gasteiger partial charge in [-0.1, -0.05) is 0 Å². The van der Waals surface area contributed by atoms with Crippen LogP contribution >= 0.6 is 0 Å². The average molecular weight is 288 g/mol. The van der Waals surface area contributed by atoms with Crippen molar-refractivity contribution < 1.29 is 5.11 Å². The highest BCUT2D eigenvalue weighted by molar-refractivity contribution is 6.00. The van der Waals surface area contributed by atoms with E-state index < -0.39 is 0 Å². The normalized spacial score (nSPS) is 21.4. The second-order valence-corrected chi connectivity index (χ2v) is 6.20. The van der Waals surface area contributed by atoms with Crippen molar-refractivity contribution in [1.82, 2.24) is 4.98 Å². The lowest BCUT2D eigenvalue weighted by Crippen LogP contribution is -2.38. The molecular weight excluding hydrogens is 264 g/mol. The summed E-state index contributed by atoms with van der Waals surface area (Å²) in [6, 6.07) is 2.07. The number of aromatic nitrogens is 1. The number of rotatable bonds is 4. The Morgan fingerprint density at radius 1 is 1.43 bits per heavy atom. The van der Waals surface area contributed by atoms with E-state index in [0.717, 1.165) is 63.0 Å². The fourth-order valence-corrected chi connectivity index (χ4v) is 3.58. The van der Waals surface area contributed by atoms with Crippen LogP contribution in [0, 0.1) is 11.3 Å². The summed E-state index contributed by atoms with van der Waals surface area (Å²) < 4.78 is 0. The van der Waals surface area contributed by atoms with Crippen LogP contribution in [0.15, 0.2) is 6.07 Å². The van der Waals surface area contributed by atoms with E-state index in [1.165, 1.54) is 11.3 Å². The van der Waals surface area contributed by atoms with Gasteiger partial charge in [-0.3, -0.25) is 5.41 Å². The van der Waals surface area contributed by atoms with E-state index in [1.807, 2.05) is 0 Å². The standard InChI is InChI=1S/C16H24N4O/c17-15(18)13-9-12-4-1-5-14(12)19-16(13)20-7-2-3-11(10-20)6-8-21/h9,11,21H,1-8,10H2,(H3,17,18). The molecule has 1 aliphatic heterocycles. The summed E-state index contributed by atoms with van der Waals surface area (Å²) in [6.45, 7) is 2.12. The number of amidine groups is 1. The number of aryl methyl sites for hydroxylation is 2. The van der Waals surface area contributed by atoms with Crippen molar-refractivity contribution in [3.05, 3.63) is 22.9 Å². The van der Waals surface area contributed by atoms with E-state index in [1.54, 1.807) is 0 Å². The summed E-state index contributed by atoms with van der Waals surface area (Å²) >= 11 is 0. The summed E-state index contributed by atoms with van der Waals surface area (Å²) in [6.07, 6.45) is 6.36. The van der Waals surface area contributed by atoms with Crippen LogP contribution in [-0.2, 0) is 12.8 Å². The van der Waals surface area contributed by atoms with Crippen LogP contribution < -0.4 is 10.6 Å². The van der Waals surface area contributed by atoms with Crippen LogP contribution in [0.4, 0.5) is 5.82 Å². The number of nitrogen functional groups attached to an aromatic ring is 1. The highest BCUT2D eigenvalue weighted by Gasteiger charge is 2.25.